The summed E-state index contributed by atoms with van der Waals surface area (Å²) in [7, 11) is 0. The molecule has 7 heteroatoms. The van der Waals surface area contributed by atoms with E-state index in [1.54, 1.807) is 0 Å². The first-order valence-electron chi connectivity index (χ1n) is 19.5. The summed E-state index contributed by atoms with van der Waals surface area (Å²) in [6.45, 7) is 2.35. The van der Waals surface area contributed by atoms with Crippen LogP contribution in [0.15, 0.2) is 168 Å². The van der Waals surface area contributed by atoms with E-state index in [0.29, 0.717) is 5.89 Å². The summed E-state index contributed by atoms with van der Waals surface area (Å²) in [6, 6.07) is 58.0. The molecule has 0 spiro atoms. The van der Waals surface area contributed by atoms with Crippen LogP contribution in [0.3, 0.4) is 0 Å². The smallest absolute Gasteiger partial charge is 0.227 e. The average Bonchev–Trinajstić information content (AvgIpc) is 3.95. The predicted molar refractivity (Wildman–Crippen MR) is 234 cm³/mol. The van der Waals surface area contributed by atoms with Gasteiger partial charge in [0.25, 0.3) is 0 Å². The number of para-hydroxylation sites is 6. The highest BCUT2D eigenvalue weighted by Crippen LogP contribution is 2.49. The third kappa shape index (κ3) is 4.17. The lowest BCUT2D eigenvalue weighted by Gasteiger charge is -2.30. The van der Waals surface area contributed by atoms with Gasteiger partial charge < -0.3 is 23.6 Å². The molecule has 0 saturated carbocycles. The lowest BCUT2D eigenvalue weighted by molar-refractivity contribution is 0.481. The van der Waals surface area contributed by atoms with Gasteiger partial charge in [-0.05, 0) is 77.2 Å². The van der Waals surface area contributed by atoms with Crippen molar-refractivity contribution in [1.29, 1.82) is 0 Å². The summed E-state index contributed by atoms with van der Waals surface area (Å²) in [5.41, 5.74) is 16.1. The average molecular weight is 731 g/mol. The van der Waals surface area contributed by atoms with E-state index >= 15 is 0 Å². The number of fused-ring (bicyclic) bond motifs is 11. The number of oxazole rings is 1. The van der Waals surface area contributed by atoms with Crippen molar-refractivity contribution in [2.75, 3.05) is 5.32 Å². The number of ether oxygens (including phenoxy) is 1. The van der Waals surface area contributed by atoms with Crippen LogP contribution in [-0.4, -0.2) is 20.8 Å². The highest BCUT2D eigenvalue weighted by atomic mass is 16.5. The zero-order chi connectivity index (χ0) is 37.4. The van der Waals surface area contributed by atoms with Crippen molar-refractivity contribution in [3.05, 3.63) is 164 Å². The summed E-state index contributed by atoms with van der Waals surface area (Å²) in [5.74, 6) is 2.25. The minimum absolute atomic E-state index is 0.00967. The van der Waals surface area contributed by atoms with Crippen molar-refractivity contribution < 1.29 is 9.15 Å². The molecule has 0 bridgehead atoms. The number of hydrogen-bond donors (Lipinski definition) is 1. The first kappa shape index (κ1) is 30.8. The van der Waals surface area contributed by atoms with Crippen LogP contribution < -0.4 is 21.0 Å². The number of rotatable bonds is 3. The maximum atomic E-state index is 6.58. The minimum Gasteiger partial charge on any atom is -0.453 e. The Labute approximate surface area is 327 Å². The van der Waals surface area contributed by atoms with Gasteiger partial charge in [-0.1, -0.05) is 104 Å². The number of anilines is 2. The van der Waals surface area contributed by atoms with E-state index in [1.807, 2.05) is 48.5 Å². The normalized spacial score (nSPS) is 12.9. The molecule has 1 N–H and O–H groups in total. The molecule has 57 heavy (non-hydrogen) atoms. The van der Waals surface area contributed by atoms with Gasteiger partial charge in [0.2, 0.25) is 12.6 Å². The van der Waals surface area contributed by atoms with E-state index in [0.717, 1.165) is 67.6 Å². The molecule has 13 rings (SSSR count). The quantitative estimate of drug-likeness (QED) is 0.184. The van der Waals surface area contributed by atoms with Gasteiger partial charge in [-0.25, -0.2) is 4.98 Å². The number of nitrogens with one attached hydrogen (secondary N) is 1. The third-order valence-electron chi connectivity index (χ3n) is 12.2. The van der Waals surface area contributed by atoms with Gasteiger partial charge in [-0.2, -0.15) is 0 Å². The fourth-order valence-corrected chi connectivity index (χ4v) is 9.70. The van der Waals surface area contributed by atoms with Gasteiger partial charge in [-0.15, -0.1) is 0 Å². The molecule has 11 aromatic rings. The van der Waals surface area contributed by atoms with E-state index in [2.05, 4.69) is 137 Å². The van der Waals surface area contributed by atoms with Crippen molar-refractivity contribution in [2.45, 2.75) is 6.82 Å². The Bertz CT molecular complexity index is 3450. The second-order valence-corrected chi connectivity index (χ2v) is 15.2. The van der Waals surface area contributed by atoms with Gasteiger partial charge >= 0.3 is 0 Å². The van der Waals surface area contributed by atoms with Crippen LogP contribution in [0.2, 0.25) is 6.82 Å². The number of aromatic nitrogens is 3. The molecular weight excluding hydrogens is 699 g/mol. The molecule has 2 aliphatic rings. The molecule has 0 saturated heterocycles. The van der Waals surface area contributed by atoms with Crippen LogP contribution >= 0.6 is 0 Å². The lowest BCUT2D eigenvalue weighted by Crippen LogP contribution is -2.46. The Balaban J connectivity index is 1.19. The molecule has 0 amide bonds. The summed E-state index contributed by atoms with van der Waals surface area (Å²) in [6.07, 6.45) is 0. The lowest BCUT2D eigenvalue weighted by atomic mass is 9.40. The van der Waals surface area contributed by atoms with E-state index in [-0.39, 0.29) is 6.71 Å². The van der Waals surface area contributed by atoms with Gasteiger partial charge in [-0.3, -0.25) is 0 Å². The summed E-state index contributed by atoms with van der Waals surface area (Å²) in [4.78, 5) is 5.04. The standard InChI is InChI=1S/C50H31BN4O2/c1-51-35-27-37-45(57-50(53-37)29-14-3-2-4-15-29)28-41(35)55-40-23-11-7-18-33(40)46-42(54-38-21-9-5-16-30(38)31-17-6-10-22-39(31)54)26-34(47(51)49(46)55)32-19-13-25-44-48(32)52-36-20-8-12-24-43(36)56-44/h2-28,52H,1H3. The van der Waals surface area contributed by atoms with Crippen LogP contribution in [0.5, 0.6) is 11.5 Å². The zero-order valence-corrected chi connectivity index (χ0v) is 30.8. The summed E-state index contributed by atoms with van der Waals surface area (Å²) < 4.78 is 18.1. The molecule has 5 heterocycles. The van der Waals surface area contributed by atoms with Crippen molar-refractivity contribution in [1.82, 2.24) is 14.1 Å². The maximum Gasteiger partial charge on any atom is 0.227 e. The van der Waals surface area contributed by atoms with Crippen LogP contribution in [0.25, 0.3) is 88.7 Å². The van der Waals surface area contributed by atoms with Crippen molar-refractivity contribution >= 4 is 83.7 Å². The van der Waals surface area contributed by atoms with Gasteiger partial charge in [0, 0.05) is 44.4 Å². The predicted octanol–water partition coefficient (Wildman–Crippen LogP) is 11.8. The first-order chi connectivity index (χ1) is 28.2. The van der Waals surface area contributed by atoms with Gasteiger partial charge in [0.05, 0.1) is 39.1 Å². The molecule has 0 unspecified atom stereocenters. The fourth-order valence-electron chi connectivity index (χ4n) is 9.70. The highest BCUT2D eigenvalue weighted by molar-refractivity contribution is 6.88. The molecule has 8 aromatic carbocycles. The van der Waals surface area contributed by atoms with Crippen molar-refractivity contribution in [3.8, 4) is 45.5 Å². The fraction of sp³-hybridized carbons (Fsp3) is 0.0200. The van der Waals surface area contributed by atoms with Gasteiger partial charge in [0.15, 0.2) is 17.1 Å². The molecular formula is C50H31BN4O2. The van der Waals surface area contributed by atoms with Crippen LogP contribution in [0.1, 0.15) is 0 Å². The maximum absolute atomic E-state index is 6.58. The molecule has 2 aliphatic heterocycles. The second kappa shape index (κ2) is 11.3. The molecule has 3 aromatic heterocycles. The Morgan fingerprint density at radius 1 is 0.579 bits per heavy atom. The van der Waals surface area contributed by atoms with Crippen LogP contribution in [-0.2, 0) is 0 Å². The van der Waals surface area contributed by atoms with E-state index in [1.165, 1.54) is 49.0 Å². The molecule has 0 aliphatic carbocycles. The molecule has 0 atom stereocenters. The molecule has 6 nitrogen and oxygen atoms in total. The van der Waals surface area contributed by atoms with Gasteiger partial charge in [0.1, 0.15) is 5.52 Å². The monoisotopic (exact) mass is 730 g/mol. The Hall–Kier alpha value is -7.51. The van der Waals surface area contributed by atoms with Crippen LogP contribution in [0.4, 0.5) is 11.4 Å². The largest absolute Gasteiger partial charge is 0.453 e. The molecule has 0 fully saturated rings. The molecule has 0 radical (unpaired) electrons. The van der Waals surface area contributed by atoms with Crippen molar-refractivity contribution in [3.63, 3.8) is 0 Å². The first-order valence-corrected chi connectivity index (χ1v) is 19.5. The number of nitrogens with zero attached hydrogens (tertiary/aromatic N) is 3. The zero-order valence-electron chi connectivity index (χ0n) is 30.8. The Morgan fingerprint density at radius 2 is 1.25 bits per heavy atom. The van der Waals surface area contributed by atoms with E-state index in [9.17, 15) is 0 Å². The Kier molecular flexibility index (Phi) is 6.09. The van der Waals surface area contributed by atoms with Crippen molar-refractivity contribution in [2.24, 2.45) is 0 Å². The number of benzene rings is 8. The Morgan fingerprint density at radius 3 is 2.04 bits per heavy atom. The SMILES string of the molecule is CB1c2cc3nc(-c4ccccc4)oc3cc2-n2c3ccccc3c3c(-n4c5ccccc5c5ccccc54)cc(-c4cccc5c4Nc4ccccc4O5)c1c32. The topological polar surface area (TPSA) is 57.2 Å². The number of hydrogen-bond acceptors (Lipinski definition) is 4. The summed E-state index contributed by atoms with van der Waals surface area (Å²) >= 11 is 0. The summed E-state index contributed by atoms with van der Waals surface area (Å²) in [5, 5.41) is 8.67. The van der Waals surface area contributed by atoms with Crippen LogP contribution in [0, 0.1) is 0 Å². The third-order valence-corrected chi connectivity index (χ3v) is 12.2. The molecule has 266 valence electrons. The highest BCUT2D eigenvalue weighted by Gasteiger charge is 2.36. The van der Waals surface area contributed by atoms with E-state index in [4.69, 9.17) is 14.1 Å². The van der Waals surface area contributed by atoms with E-state index < -0.39 is 0 Å². The second-order valence-electron chi connectivity index (χ2n) is 15.2. The minimum atomic E-state index is 0.00967.